The van der Waals surface area contributed by atoms with Gasteiger partial charge in [0.25, 0.3) is 11.6 Å². The number of pyridine rings is 1. The number of nitrogen functional groups attached to an aromatic ring is 1. The molecule has 0 saturated heterocycles. The lowest BCUT2D eigenvalue weighted by atomic mass is 10.0. The molecule has 0 aliphatic rings. The fourth-order valence-corrected chi connectivity index (χ4v) is 1.99. The van der Waals surface area contributed by atoms with Crippen molar-refractivity contribution >= 4 is 6.01 Å². The normalized spacial score (nSPS) is 10.4. The number of benzene rings is 1. The van der Waals surface area contributed by atoms with Crippen molar-refractivity contribution in [2.45, 2.75) is 0 Å². The second-order valence-corrected chi connectivity index (χ2v) is 4.16. The minimum atomic E-state index is -0.431. The molecule has 0 fully saturated rings. The number of rotatable bonds is 2. The molecule has 2 aromatic heterocycles. The number of hydrogen-bond donors (Lipinski definition) is 1. The Balaban J connectivity index is 2.22. The van der Waals surface area contributed by atoms with Gasteiger partial charge in [-0.2, -0.15) is 4.98 Å². The third-order valence-corrected chi connectivity index (χ3v) is 2.82. The van der Waals surface area contributed by atoms with E-state index in [9.17, 15) is 4.79 Å². The van der Waals surface area contributed by atoms with Crippen molar-refractivity contribution in [3.05, 3.63) is 65.1 Å². The quantitative estimate of drug-likeness (QED) is 0.769. The van der Waals surface area contributed by atoms with Crippen molar-refractivity contribution in [3.8, 4) is 22.6 Å². The Hall–Kier alpha value is -2.95. The minimum Gasteiger partial charge on any atom is -0.425 e. The Morgan fingerprint density at radius 1 is 1.00 bits per heavy atom. The molecule has 0 atom stereocenters. The molecule has 0 bridgehead atoms. The molecule has 0 saturated carbocycles. The van der Waals surface area contributed by atoms with Crippen LogP contribution < -0.4 is 11.3 Å². The lowest BCUT2D eigenvalue weighted by molar-refractivity contribution is 0.564. The minimum absolute atomic E-state index is 0.150. The number of nitrogens with zero attached hydrogens (tertiary/aromatic N) is 2. The molecular weight excluding hydrogens is 254 g/mol. The molecule has 20 heavy (non-hydrogen) atoms. The van der Waals surface area contributed by atoms with Gasteiger partial charge >= 0.3 is 0 Å². The predicted octanol–water partition coefficient (Wildman–Crippen LogP) is 2.35. The van der Waals surface area contributed by atoms with E-state index in [1.807, 2.05) is 42.5 Å². The average Bonchev–Trinajstić information content (AvgIpc) is 2.47. The van der Waals surface area contributed by atoms with E-state index >= 15 is 0 Å². The fourth-order valence-electron chi connectivity index (χ4n) is 1.99. The zero-order chi connectivity index (χ0) is 13.9. The molecule has 2 heterocycles. The van der Waals surface area contributed by atoms with Crippen LogP contribution in [-0.4, -0.2) is 9.97 Å². The summed E-state index contributed by atoms with van der Waals surface area (Å²) in [6.07, 6.45) is 1.71. The first-order valence-corrected chi connectivity index (χ1v) is 6.02. The van der Waals surface area contributed by atoms with E-state index in [2.05, 4.69) is 9.97 Å². The maximum absolute atomic E-state index is 11.5. The van der Waals surface area contributed by atoms with Gasteiger partial charge in [-0.3, -0.25) is 9.78 Å². The second kappa shape index (κ2) is 4.97. The smallest absolute Gasteiger partial charge is 0.295 e. The average molecular weight is 265 g/mol. The van der Waals surface area contributed by atoms with Crippen LogP contribution in [-0.2, 0) is 0 Å². The summed E-state index contributed by atoms with van der Waals surface area (Å²) >= 11 is 0. The van der Waals surface area contributed by atoms with E-state index < -0.39 is 5.56 Å². The van der Waals surface area contributed by atoms with Crippen LogP contribution in [0.4, 0.5) is 6.01 Å². The van der Waals surface area contributed by atoms with Gasteiger partial charge in [0.05, 0.1) is 5.69 Å². The standard InChI is InChI=1S/C15H11N3O2/c16-15-18-14(19)9-13(20-15)11-6-2-1-5-10(11)12-7-3-4-8-17-12/h1-9H,(H2,16,18,19). The Kier molecular flexibility index (Phi) is 3.01. The number of aromatic nitrogens is 2. The Morgan fingerprint density at radius 2 is 1.75 bits per heavy atom. The number of anilines is 1. The summed E-state index contributed by atoms with van der Waals surface area (Å²) in [5, 5.41) is 0. The summed E-state index contributed by atoms with van der Waals surface area (Å²) in [6, 6.07) is 14.3. The van der Waals surface area contributed by atoms with E-state index in [0.29, 0.717) is 5.76 Å². The largest absolute Gasteiger partial charge is 0.425 e. The first-order valence-electron chi connectivity index (χ1n) is 6.02. The molecular formula is C15H11N3O2. The Morgan fingerprint density at radius 3 is 2.45 bits per heavy atom. The highest BCUT2D eigenvalue weighted by Crippen LogP contribution is 2.30. The Labute approximate surface area is 114 Å². The third kappa shape index (κ3) is 2.29. The van der Waals surface area contributed by atoms with Crippen LogP contribution in [0.1, 0.15) is 0 Å². The van der Waals surface area contributed by atoms with Gasteiger partial charge in [-0.15, -0.1) is 0 Å². The molecule has 98 valence electrons. The van der Waals surface area contributed by atoms with E-state index in [0.717, 1.165) is 16.8 Å². The number of hydrogen-bond acceptors (Lipinski definition) is 5. The van der Waals surface area contributed by atoms with Gasteiger partial charge in [0.1, 0.15) is 5.76 Å². The lowest BCUT2D eigenvalue weighted by Crippen LogP contribution is -2.07. The summed E-state index contributed by atoms with van der Waals surface area (Å²) in [5.74, 6) is 0.378. The van der Waals surface area contributed by atoms with Gasteiger partial charge in [-0.05, 0) is 12.1 Å². The topological polar surface area (TPSA) is 82.0 Å². The van der Waals surface area contributed by atoms with Crippen molar-refractivity contribution < 1.29 is 4.42 Å². The van der Waals surface area contributed by atoms with Crippen molar-refractivity contribution in [2.24, 2.45) is 0 Å². The van der Waals surface area contributed by atoms with Gasteiger partial charge < -0.3 is 10.2 Å². The summed E-state index contributed by atoms with van der Waals surface area (Å²) < 4.78 is 5.35. The maximum Gasteiger partial charge on any atom is 0.295 e. The van der Waals surface area contributed by atoms with Crippen LogP contribution in [0.5, 0.6) is 0 Å². The van der Waals surface area contributed by atoms with Gasteiger partial charge in [0.15, 0.2) is 0 Å². The third-order valence-electron chi connectivity index (χ3n) is 2.82. The van der Waals surface area contributed by atoms with Crippen LogP contribution in [0.3, 0.4) is 0 Å². The highest BCUT2D eigenvalue weighted by atomic mass is 16.4. The molecule has 0 aliphatic carbocycles. The molecule has 5 nitrogen and oxygen atoms in total. The highest BCUT2D eigenvalue weighted by molar-refractivity contribution is 5.79. The van der Waals surface area contributed by atoms with Crippen molar-refractivity contribution in [3.63, 3.8) is 0 Å². The van der Waals surface area contributed by atoms with Gasteiger partial charge in [-0.25, -0.2) is 0 Å². The van der Waals surface area contributed by atoms with Crippen molar-refractivity contribution in [2.75, 3.05) is 5.73 Å². The summed E-state index contributed by atoms with van der Waals surface area (Å²) in [5.41, 5.74) is 7.46. The first-order chi connectivity index (χ1) is 9.74. The summed E-state index contributed by atoms with van der Waals surface area (Å²) in [6.45, 7) is 0. The molecule has 5 heteroatoms. The van der Waals surface area contributed by atoms with E-state index in [4.69, 9.17) is 10.2 Å². The predicted molar refractivity (Wildman–Crippen MR) is 75.9 cm³/mol. The van der Waals surface area contributed by atoms with Crippen LogP contribution in [0.2, 0.25) is 0 Å². The molecule has 3 aromatic rings. The molecule has 0 aliphatic heterocycles. The van der Waals surface area contributed by atoms with E-state index in [1.54, 1.807) is 6.20 Å². The SMILES string of the molecule is Nc1nc(=O)cc(-c2ccccc2-c2ccccn2)o1. The molecule has 0 spiro atoms. The monoisotopic (exact) mass is 265 g/mol. The Bertz CT molecular complexity index is 797. The zero-order valence-corrected chi connectivity index (χ0v) is 10.5. The first kappa shape index (κ1) is 12.1. The van der Waals surface area contributed by atoms with E-state index in [1.165, 1.54) is 6.07 Å². The fraction of sp³-hybridized carbons (Fsp3) is 0. The lowest BCUT2D eigenvalue weighted by Gasteiger charge is -2.08. The van der Waals surface area contributed by atoms with Crippen LogP contribution in [0.15, 0.2) is 63.9 Å². The molecule has 2 N–H and O–H groups in total. The van der Waals surface area contributed by atoms with Gasteiger partial charge in [-0.1, -0.05) is 30.3 Å². The van der Waals surface area contributed by atoms with E-state index in [-0.39, 0.29) is 6.01 Å². The summed E-state index contributed by atoms with van der Waals surface area (Å²) in [7, 11) is 0. The highest BCUT2D eigenvalue weighted by Gasteiger charge is 2.11. The van der Waals surface area contributed by atoms with Crippen molar-refractivity contribution in [1.29, 1.82) is 0 Å². The molecule has 0 amide bonds. The van der Waals surface area contributed by atoms with Crippen LogP contribution >= 0.6 is 0 Å². The van der Waals surface area contributed by atoms with Crippen LogP contribution in [0.25, 0.3) is 22.6 Å². The molecule has 0 radical (unpaired) electrons. The number of nitrogens with two attached hydrogens (primary N) is 1. The maximum atomic E-state index is 11.5. The van der Waals surface area contributed by atoms with Gasteiger partial charge in [0.2, 0.25) is 0 Å². The second-order valence-electron chi connectivity index (χ2n) is 4.16. The molecule has 1 aromatic carbocycles. The van der Waals surface area contributed by atoms with Crippen LogP contribution in [0, 0.1) is 0 Å². The summed E-state index contributed by atoms with van der Waals surface area (Å²) in [4.78, 5) is 19.3. The van der Waals surface area contributed by atoms with Gasteiger partial charge in [0, 0.05) is 23.4 Å². The zero-order valence-electron chi connectivity index (χ0n) is 10.5. The molecule has 0 unspecified atom stereocenters. The van der Waals surface area contributed by atoms with Crippen molar-refractivity contribution in [1.82, 2.24) is 9.97 Å². The molecule has 3 rings (SSSR count).